The molecule has 1 aliphatic heterocycles. The summed E-state index contributed by atoms with van der Waals surface area (Å²) in [5.74, 6) is 1.54. The second kappa shape index (κ2) is 10.3. The van der Waals surface area contributed by atoms with E-state index in [2.05, 4.69) is 17.3 Å². The third-order valence-electron chi connectivity index (χ3n) is 4.61. The highest BCUT2D eigenvalue weighted by Gasteiger charge is 2.12. The molecule has 2 amide bonds. The van der Waals surface area contributed by atoms with Crippen molar-refractivity contribution >= 4 is 17.8 Å². The molecule has 0 radical (unpaired) electrons. The number of nitrogens with zero attached hydrogens (tertiary/aromatic N) is 3. The highest BCUT2D eigenvalue weighted by Crippen LogP contribution is 2.30. The van der Waals surface area contributed by atoms with Crippen molar-refractivity contribution in [2.24, 2.45) is 0 Å². The van der Waals surface area contributed by atoms with Crippen molar-refractivity contribution in [3.05, 3.63) is 59.9 Å². The van der Waals surface area contributed by atoms with Gasteiger partial charge in [-0.15, -0.1) is 0 Å². The first-order valence-electron chi connectivity index (χ1n) is 9.84. The van der Waals surface area contributed by atoms with Gasteiger partial charge in [0, 0.05) is 25.4 Å². The highest BCUT2D eigenvalue weighted by molar-refractivity contribution is 5.79. The molecule has 1 aromatic carbocycles. The maximum atomic E-state index is 11.6. The summed E-state index contributed by atoms with van der Waals surface area (Å²) in [6.07, 6.45) is 4.15. The lowest BCUT2D eigenvalue weighted by molar-refractivity contribution is -0.127. The number of aromatic nitrogens is 2. The molecule has 0 saturated carbocycles. The standard InChI is InChI=1S/C15H20N4O2.C7H6O2/c1-3-13-12(14-6-4-5-9-19(14)17-13)7-8-16-15(21)10-18(2)11-20;1-2-4-7-6(3-1)8-5-9-7/h4-6,9,11H,3,7-8,10H2,1-2H3,(H,16,21);1-4H,5H2. The van der Waals surface area contributed by atoms with E-state index in [1.54, 1.807) is 7.05 Å². The van der Waals surface area contributed by atoms with Crippen molar-refractivity contribution < 1.29 is 19.1 Å². The summed E-state index contributed by atoms with van der Waals surface area (Å²) >= 11 is 0. The van der Waals surface area contributed by atoms with Gasteiger partial charge in [0.05, 0.1) is 17.8 Å². The van der Waals surface area contributed by atoms with Crippen LogP contribution in [0.15, 0.2) is 48.7 Å². The fourth-order valence-electron chi connectivity index (χ4n) is 3.15. The first kappa shape index (κ1) is 21.2. The minimum atomic E-state index is -0.154. The van der Waals surface area contributed by atoms with Crippen LogP contribution in [0, 0.1) is 0 Å². The SMILES string of the molecule is CCc1nn2ccccc2c1CCNC(=O)CN(C)C=O.c1ccc2c(c1)OCO2. The number of nitrogens with one attached hydrogen (secondary N) is 1. The Bertz CT molecular complexity index is 979. The van der Waals surface area contributed by atoms with Gasteiger partial charge in [0.25, 0.3) is 0 Å². The minimum absolute atomic E-state index is 0.0822. The Morgan fingerprint density at radius 1 is 1.20 bits per heavy atom. The van der Waals surface area contributed by atoms with Gasteiger partial charge in [0.2, 0.25) is 19.1 Å². The number of carbonyl (C=O) groups is 2. The van der Waals surface area contributed by atoms with E-state index in [0.29, 0.717) is 19.7 Å². The molecule has 30 heavy (non-hydrogen) atoms. The van der Waals surface area contributed by atoms with Gasteiger partial charge in [0.1, 0.15) is 0 Å². The summed E-state index contributed by atoms with van der Waals surface area (Å²) in [6.45, 7) is 3.05. The van der Waals surface area contributed by atoms with Crippen molar-refractivity contribution in [2.75, 3.05) is 26.9 Å². The molecule has 3 aromatic rings. The second-order valence-corrected chi connectivity index (χ2v) is 6.78. The molecule has 1 N–H and O–H groups in total. The van der Waals surface area contributed by atoms with Gasteiger partial charge >= 0.3 is 0 Å². The second-order valence-electron chi connectivity index (χ2n) is 6.78. The summed E-state index contributed by atoms with van der Waals surface area (Å²) in [5, 5.41) is 7.37. The van der Waals surface area contributed by atoms with Gasteiger partial charge in [0.15, 0.2) is 11.5 Å². The van der Waals surface area contributed by atoms with Crippen molar-refractivity contribution in [2.45, 2.75) is 19.8 Å². The van der Waals surface area contributed by atoms with E-state index in [0.717, 1.165) is 35.6 Å². The Hall–Kier alpha value is -3.55. The third-order valence-corrected chi connectivity index (χ3v) is 4.61. The van der Waals surface area contributed by atoms with Crippen LogP contribution in [0.3, 0.4) is 0 Å². The number of pyridine rings is 1. The van der Waals surface area contributed by atoms with Crippen LogP contribution >= 0.6 is 0 Å². The lowest BCUT2D eigenvalue weighted by Crippen LogP contribution is -2.35. The molecule has 3 heterocycles. The lowest BCUT2D eigenvalue weighted by atomic mass is 10.1. The molecule has 0 unspecified atom stereocenters. The van der Waals surface area contributed by atoms with E-state index in [9.17, 15) is 9.59 Å². The largest absolute Gasteiger partial charge is 0.454 e. The van der Waals surface area contributed by atoms with Crippen LogP contribution in [-0.4, -0.2) is 53.8 Å². The first-order valence-corrected chi connectivity index (χ1v) is 9.84. The molecule has 0 aliphatic carbocycles. The first-order chi connectivity index (χ1) is 14.6. The van der Waals surface area contributed by atoms with Crippen LogP contribution in [0.5, 0.6) is 11.5 Å². The number of rotatable bonds is 7. The van der Waals surface area contributed by atoms with Gasteiger partial charge < -0.3 is 19.7 Å². The summed E-state index contributed by atoms with van der Waals surface area (Å²) in [4.78, 5) is 23.4. The summed E-state index contributed by atoms with van der Waals surface area (Å²) < 4.78 is 12.0. The predicted octanol–water partition coefficient (Wildman–Crippen LogP) is 2.06. The quantitative estimate of drug-likeness (QED) is 0.603. The number of para-hydroxylation sites is 2. The number of fused-ring (bicyclic) bond motifs is 2. The molecule has 8 heteroatoms. The van der Waals surface area contributed by atoms with Crippen molar-refractivity contribution in [1.82, 2.24) is 19.8 Å². The number of aryl methyl sites for hydroxylation is 1. The van der Waals surface area contributed by atoms with E-state index in [1.807, 2.05) is 53.2 Å². The van der Waals surface area contributed by atoms with Gasteiger partial charge in [-0.3, -0.25) is 9.59 Å². The zero-order chi connectivity index (χ0) is 21.3. The molecule has 0 fully saturated rings. The van der Waals surface area contributed by atoms with Crippen LogP contribution in [0.2, 0.25) is 0 Å². The zero-order valence-electron chi connectivity index (χ0n) is 17.2. The number of amides is 2. The molecular weight excluding hydrogens is 384 g/mol. The average Bonchev–Trinajstić information content (AvgIpc) is 3.38. The molecule has 8 nitrogen and oxygen atoms in total. The predicted molar refractivity (Wildman–Crippen MR) is 113 cm³/mol. The molecule has 2 aromatic heterocycles. The summed E-state index contributed by atoms with van der Waals surface area (Å²) in [5.41, 5.74) is 3.30. The summed E-state index contributed by atoms with van der Waals surface area (Å²) in [7, 11) is 1.58. The van der Waals surface area contributed by atoms with Gasteiger partial charge in [-0.05, 0) is 37.1 Å². The van der Waals surface area contributed by atoms with Crippen LogP contribution in [0.4, 0.5) is 0 Å². The summed E-state index contributed by atoms with van der Waals surface area (Å²) in [6, 6.07) is 13.6. The van der Waals surface area contributed by atoms with Crippen molar-refractivity contribution in [3.63, 3.8) is 0 Å². The van der Waals surface area contributed by atoms with Gasteiger partial charge in [-0.2, -0.15) is 5.10 Å². The lowest BCUT2D eigenvalue weighted by Gasteiger charge is -2.10. The zero-order valence-corrected chi connectivity index (χ0v) is 17.2. The van der Waals surface area contributed by atoms with Crippen LogP contribution < -0.4 is 14.8 Å². The number of hydrogen-bond donors (Lipinski definition) is 1. The Balaban J connectivity index is 0.000000234. The normalized spacial score (nSPS) is 11.5. The number of benzene rings is 1. The number of likely N-dealkylation sites (N-methyl/N-ethyl adjacent to an activating group) is 1. The monoisotopic (exact) mass is 410 g/mol. The van der Waals surface area contributed by atoms with E-state index in [-0.39, 0.29) is 12.5 Å². The Kier molecular flexibility index (Phi) is 7.26. The van der Waals surface area contributed by atoms with E-state index < -0.39 is 0 Å². The number of carbonyl (C=O) groups excluding carboxylic acids is 2. The average molecular weight is 410 g/mol. The minimum Gasteiger partial charge on any atom is -0.454 e. The third kappa shape index (κ3) is 5.28. The van der Waals surface area contributed by atoms with E-state index in [1.165, 1.54) is 10.5 Å². The van der Waals surface area contributed by atoms with Gasteiger partial charge in [-0.25, -0.2) is 4.52 Å². The van der Waals surface area contributed by atoms with E-state index in [4.69, 9.17) is 9.47 Å². The van der Waals surface area contributed by atoms with Crippen molar-refractivity contribution in [1.29, 1.82) is 0 Å². The fourth-order valence-corrected chi connectivity index (χ4v) is 3.15. The molecule has 4 rings (SSSR count). The maximum absolute atomic E-state index is 11.6. The Morgan fingerprint density at radius 3 is 2.57 bits per heavy atom. The smallest absolute Gasteiger partial charge is 0.239 e. The Labute approximate surface area is 175 Å². The van der Waals surface area contributed by atoms with Gasteiger partial charge in [-0.1, -0.05) is 25.1 Å². The number of hydrogen-bond acceptors (Lipinski definition) is 5. The number of ether oxygens (including phenoxy) is 2. The van der Waals surface area contributed by atoms with Crippen LogP contribution in [0.25, 0.3) is 5.52 Å². The molecule has 0 saturated heterocycles. The maximum Gasteiger partial charge on any atom is 0.239 e. The molecule has 0 bridgehead atoms. The molecule has 0 atom stereocenters. The molecular formula is C22H26N4O4. The van der Waals surface area contributed by atoms with E-state index >= 15 is 0 Å². The molecule has 1 aliphatic rings. The molecule has 158 valence electrons. The fraction of sp³-hybridized carbons (Fsp3) is 0.318. The Morgan fingerprint density at radius 2 is 1.90 bits per heavy atom. The van der Waals surface area contributed by atoms with Crippen molar-refractivity contribution in [3.8, 4) is 11.5 Å². The molecule has 0 spiro atoms. The topological polar surface area (TPSA) is 85.2 Å². The highest BCUT2D eigenvalue weighted by atomic mass is 16.7. The van der Waals surface area contributed by atoms with Crippen LogP contribution in [0.1, 0.15) is 18.2 Å². The van der Waals surface area contributed by atoms with Crippen LogP contribution in [-0.2, 0) is 22.4 Å².